The molecule has 0 amide bonds. The van der Waals surface area contributed by atoms with Gasteiger partial charge in [0.25, 0.3) is 0 Å². The van der Waals surface area contributed by atoms with Crippen LogP contribution in [0.2, 0.25) is 0 Å². The maximum absolute atomic E-state index is 6.05. The Labute approximate surface area is 124 Å². The third kappa shape index (κ3) is 2.68. The third-order valence-corrected chi connectivity index (χ3v) is 5.52. The van der Waals surface area contributed by atoms with Crippen LogP contribution in [0.3, 0.4) is 0 Å². The number of rotatable bonds is 4. The molecule has 1 heterocycles. The second kappa shape index (κ2) is 5.45. The van der Waals surface area contributed by atoms with E-state index in [1.54, 1.807) is 0 Å². The van der Waals surface area contributed by atoms with Crippen LogP contribution >= 0.6 is 15.9 Å². The first-order valence-electron chi connectivity index (χ1n) is 7.48. The van der Waals surface area contributed by atoms with Crippen molar-refractivity contribution in [2.75, 3.05) is 11.4 Å². The lowest BCUT2D eigenvalue weighted by Gasteiger charge is -2.29. The zero-order chi connectivity index (χ0) is 13.4. The van der Waals surface area contributed by atoms with E-state index >= 15 is 0 Å². The second-order valence-electron chi connectivity index (χ2n) is 6.13. The number of hydrogen-bond acceptors (Lipinski definition) is 2. The van der Waals surface area contributed by atoms with Gasteiger partial charge in [0.05, 0.1) is 0 Å². The fourth-order valence-corrected chi connectivity index (χ4v) is 4.08. The molecule has 2 N–H and O–H groups in total. The number of nitrogens with two attached hydrogens (primary N) is 1. The lowest BCUT2D eigenvalue weighted by Crippen LogP contribution is -2.31. The molecule has 3 unspecified atom stereocenters. The molecule has 2 bridgehead atoms. The molecule has 3 heteroatoms. The van der Waals surface area contributed by atoms with E-state index in [2.05, 4.69) is 46.0 Å². The largest absolute Gasteiger partial charge is 0.368 e. The molecule has 19 heavy (non-hydrogen) atoms. The van der Waals surface area contributed by atoms with Gasteiger partial charge in [0, 0.05) is 28.8 Å². The fraction of sp³-hybridized carbons (Fsp3) is 0.625. The lowest BCUT2D eigenvalue weighted by molar-refractivity contribution is 0.553. The van der Waals surface area contributed by atoms with Crippen LogP contribution in [-0.2, 0) is 6.42 Å². The van der Waals surface area contributed by atoms with Gasteiger partial charge in [-0.2, -0.15) is 0 Å². The van der Waals surface area contributed by atoms with Crippen molar-refractivity contribution in [2.45, 2.75) is 51.1 Å². The second-order valence-corrected chi connectivity index (χ2v) is 6.99. The maximum Gasteiger partial charge on any atom is 0.0380 e. The first kappa shape index (κ1) is 13.4. The minimum atomic E-state index is 0.268. The highest BCUT2D eigenvalue weighted by atomic mass is 79.9. The number of fused-ring (bicyclic) bond motifs is 2. The molecular formula is C16H23BrN2. The van der Waals surface area contributed by atoms with Gasteiger partial charge in [-0.3, -0.25) is 0 Å². The van der Waals surface area contributed by atoms with Crippen LogP contribution in [0.4, 0.5) is 5.69 Å². The monoisotopic (exact) mass is 322 g/mol. The molecule has 1 saturated carbocycles. The number of piperidine rings is 1. The Hall–Kier alpha value is -0.540. The molecule has 3 rings (SSSR count). The molecule has 0 spiro atoms. The Morgan fingerprint density at radius 3 is 2.84 bits per heavy atom. The van der Waals surface area contributed by atoms with Crippen LogP contribution < -0.4 is 10.6 Å². The topological polar surface area (TPSA) is 29.3 Å². The van der Waals surface area contributed by atoms with Crippen molar-refractivity contribution in [2.24, 2.45) is 11.7 Å². The molecule has 104 valence electrons. The van der Waals surface area contributed by atoms with E-state index in [1.807, 2.05) is 0 Å². The Bertz CT molecular complexity index is 460. The van der Waals surface area contributed by atoms with Crippen molar-refractivity contribution in [3.05, 3.63) is 28.2 Å². The van der Waals surface area contributed by atoms with Gasteiger partial charge in [0.2, 0.25) is 0 Å². The quantitative estimate of drug-likeness (QED) is 0.915. The van der Waals surface area contributed by atoms with Gasteiger partial charge in [-0.1, -0.05) is 28.9 Å². The van der Waals surface area contributed by atoms with Gasteiger partial charge in [-0.15, -0.1) is 0 Å². The van der Waals surface area contributed by atoms with Crippen LogP contribution in [0.25, 0.3) is 0 Å². The van der Waals surface area contributed by atoms with Gasteiger partial charge in [0.1, 0.15) is 0 Å². The standard InChI is InChI=1S/C16H23BrN2/c1-2-13(18)8-12-4-6-15(9-16(12)17)19-10-11-3-5-14(19)7-11/h4,6,9,11,13-14H,2-3,5,7-8,10,18H2,1H3. The first-order valence-corrected chi connectivity index (χ1v) is 8.27. The highest BCUT2D eigenvalue weighted by Gasteiger charge is 2.37. The average Bonchev–Trinajstić information content (AvgIpc) is 3.03. The van der Waals surface area contributed by atoms with Crippen molar-refractivity contribution >= 4 is 21.6 Å². The van der Waals surface area contributed by atoms with Crippen molar-refractivity contribution < 1.29 is 0 Å². The van der Waals surface area contributed by atoms with Crippen LogP contribution in [0, 0.1) is 5.92 Å². The van der Waals surface area contributed by atoms with Crippen LogP contribution in [0.1, 0.15) is 38.2 Å². The van der Waals surface area contributed by atoms with E-state index in [4.69, 9.17) is 5.73 Å². The van der Waals surface area contributed by atoms with Gasteiger partial charge in [0.15, 0.2) is 0 Å². The van der Waals surface area contributed by atoms with Crippen molar-refractivity contribution in [1.82, 2.24) is 0 Å². The van der Waals surface area contributed by atoms with Crippen LogP contribution in [0.15, 0.2) is 22.7 Å². The molecule has 3 atom stereocenters. The smallest absolute Gasteiger partial charge is 0.0380 e. The summed E-state index contributed by atoms with van der Waals surface area (Å²) in [4.78, 5) is 2.60. The van der Waals surface area contributed by atoms with E-state index in [0.29, 0.717) is 0 Å². The summed E-state index contributed by atoms with van der Waals surface area (Å²) in [5, 5.41) is 0. The summed E-state index contributed by atoms with van der Waals surface area (Å²) < 4.78 is 1.22. The lowest BCUT2D eigenvalue weighted by atomic mass is 10.0. The molecule has 0 aromatic heterocycles. The SMILES string of the molecule is CCC(N)Cc1ccc(N2CC3CCC2C3)cc1Br. The minimum Gasteiger partial charge on any atom is -0.368 e. The van der Waals surface area contributed by atoms with Crippen LogP contribution in [0.5, 0.6) is 0 Å². The van der Waals surface area contributed by atoms with Gasteiger partial charge >= 0.3 is 0 Å². The molecule has 2 fully saturated rings. The summed E-state index contributed by atoms with van der Waals surface area (Å²) >= 11 is 3.72. The molecule has 0 radical (unpaired) electrons. The van der Waals surface area contributed by atoms with E-state index in [9.17, 15) is 0 Å². The summed E-state index contributed by atoms with van der Waals surface area (Å²) in [5.41, 5.74) is 8.77. The number of nitrogens with zero attached hydrogens (tertiary/aromatic N) is 1. The number of anilines is 1. The molecule has 1 aromatic rings. The summed E-state index contributed by atoms with van der Waals surface area (Å²) in [7, 11) is 0. The predicted molar refractivity (Wildman–Crippen MR) is 84.6 cm³/mol. The molecule has 1 aliphatic heterocycles. The van der Waals surface area contributed by atoms with Gasteiger partial charge < -0.3 is 10.6 Å². The summed E-state index contributed by atoms with van der Waals surface area (Å²) in [6.45, 7) is 3.40. The normalized spacial score (nSPS) is 27.0. The molecule has 2 aliphatic rings. The molecule has 1 saturated heterocycles. The van der Waals surface area contributed by atoms with E-state index < -0.39 is 0 Å². The summed E-state index contributed by atoms with van der Waals surface area (Å²) in [6.07, 6.45) is 6.21. The van der Waals surface area contributed by atoms with Gasteiger partial charge in [-0.25, -0.2) is 0 Å². The predicted octanol–water partition coefficient (Wildman–Crippen LogP) is 3.72. The Morgan fingerprint density at radius 2 is 2.26 bits per heavy atom. The van der Waals surface area contributed by atoms with E-state index in [0.717, 1.165) is 24.8 Å². The molecule has 2 nitrogen and oxygen atoms in total. The highest BCUT2D eigenvalue weighted by Crippen LogP contribution is 2.41. The van der Waals surface area contributed by atoms with E-state index in [-0.39, 0.29) is 6.04 Å². The Balaban J connectivity index is 1.76. The fourth-order valence-electron chi connectivity index (χ4n) is 3.55. The van der Waals surface area contributed by atoms with Crippen molar-refractivity contribution in [3.8, 4) is 0 Å². The third-order valence-electron chi connectivity index (χ3n) is 4.78. The molecular weight excluding hydrogens is 300 g/mol. The van der Waals surface area contributed by atoms with Crippen molar-refractivity contribution in [1.29, 1.82) is 0 Å². The number of benzene rings is 1. The van der Waals surface area contributed by atoms with E-state index in [1.165, 1.54) is 41.5 Å². The summed E-state index contributed by atoms with van der Waals surface area (Å²) in [5.74, 6) is 0.942. The molecule has 1 aliphatic carbocycles. The minimum absolute atomic E-state index is 0.268. The summed E-state index contributed by atoms with van der Waals surface area (Å²) in [6, 6.07) is 7.88. The zero-order valence-corrected chi connectivity index (χ0v) is 13.2. The number of hydrogen-bond donors (Lipinski definition) is 1. The van der Waals surface area contributed by atoms with Crippen molar-refractivity contribution in [3.63, 3.8) is 0 Å². The molecule has 1 aromatic carbocycles. The highest BCUT2D eigenvalue weighted by molar-refractivity contribution is 9.10. The van der Waals surface area contributed by atoms with Gasteiger partial charge in [-0.05, 0) is 55.7 Å². The maximum atomic E-state index is 6.05. The number of halogens is 1. The Morgan fingerprint density at radius 1 is 1.42 bits per heavy atom. The first-order chi connectivity index (χ1) is 9.17. The zero-order valence-electron chi connectivity index (χ0n) is 11.6. The van der Waals surface area contributed by atoms with Crippen LogP contribution in [-0.4, -0.2) is 18.6 Å². The average molecular weight is 323 g/mol. The Kier molecular flexibility index (Phi) is 3.86.